The Morgan fingerprint density at radius 2 is 2.27 bits per heavy atom. The van der Waals surface area contributed by atoms with Gasteiger partial charge in [0.25, 0.3) is 0 Å². The molecule has 5 heteroatoms. The highest BCUT2D eigenvalue weighted by Crippen LogP contribution is 2.15. The Hall–Kier alpha value is -1.10. The van der Waals surface area contributed by atoms with Crippen LogP contribution in [0.4, 0.5) is 4.79 Å². The van der Waals surface area contributed by atoms with E-state index >= 15 is 0 Å². The lowest BCUT2D eigenvalue weighted by Crippen LogP contribution is -2.39. The molecule has 0 spiro atoms. The average Bonchev–Trinajstić information content (AvgIpc) is 2.48. The van der Waals surface area contributed by atoms with Gasteiger partial charge in [-0.15, -0.1) is 0 Å². The van der Waals surface area contributed by atoms with Crippen LogP contribution < -0.4 is 5.32 Å². The number of carbonyl (C=O) groups is 2. The molecule has 3 amide bonds. The number of hydrogen-bond acceptors (Lipinski definition) is 3. The Bertz CT molecular complexity index is 274. The predicted molar refractivity (Wildman–Crippen MR) is 55.3 cm³/mol. The van der Waals surface area contributed by atoms with Crippen LogP contribution in [0.3, 0.4) is 0 Å². The molecule has 1 N–H and O–H groups in total. The fourth-order valence-corrected chi connectivity index (χ4v) is 2.19. The lowest BCUT2D eigenvalue weighted by Gasteiger charge is -2.26. The predicted octanol–water partition coefficient (Wildman–Crippen LogP) is -0.120. The van der Waals surface area contributed by atoms with Crippen molar-refractivity contribution in [1.29, 1.82) is 0 Å². The minimum absolute atomic E-state index is 0.0937. The van der Waals surface area contributed by atoms with Crippen molar-refractivity contribution in [3.05, 3.63) is 0 Å². The Morgan fingerprint density at radius 3 is 2.80 bits per heavy atom. The molecule has 5 nitrogen and oxygen atoms in total. The van der Waals surface area contributed by atoms with Crippen LogP contribution in [0.5, 0.6) is 0 Å². The van der Waals surface area contributed by atoms with Crippen molar-refractivity contribution in [2.75, 3.05) is 33.2 Å². The Morgan fingerprint density at radius 1 is 1.47 bits per heavy atom. The number of hydrogen-bond donors (Lipinski definition) is 1. The molecular formula is C10H17N3O2. The van der Waals surface area contributed by atoms with Crippen molar-refractivity contribution in [3.63, 3.8) is 0 Å². The van der Waals surface area contributed by atoms with Crippen molar-refractivity contribution in [2.24, 2.45) is 5.92 Å². The molecule has 2 aliphatic rings. The number of urea groups is 1. The second kappa shape index (κ2) is 4.18. The molecule has 0 aliphatic carbocycles. The monoisotopic (exact) mass is 211 g/mol. The van der Waals surface area contributed by atoms with E-state index in [1.54, 1.807) is 11.9 Å². The number of nitrogens with zero attached hydrogens (tertiary/aromatic N) is 2. The van der Waals surface area contributed by atoms with Crippen molar-refractivity contribution < 1.29 is 9.59 Å². The quantitative estimate of drug-likeness (QED) is 0.648. The average molecular weight is 211 g/mol. The normalized spacial score (nSPS) is 27.7. The van der Waals surface area contributed by atoms with Crippen molar-refractivity contribution in [1.82, 2.24) is 15.1 Å². The lowest BCUT2D eigenvalue weighted by atomic mass is 9.99. The van der Waals surface area contributed by atoms with E-state index in [4.69, 9.17) is 0 Å². The third-order valence-corrected chi connectivity index (χ3v) is 3.14. The molecule has 2 heterocycles. The summed E-state index contributed by atoms with van der Waals surface area (Å²) in [5, 5.41) is 3.31. The topological polar surface area (TPSA) is 52.7 Å². The summed E-state index contributed by atoms with van der Waals surface area (Å²) in [7, 11) is 1.55. The van der Waals surface area contributed by atoms with Crippen LogP contribution in [0.1, 0.15) is 12.8 Å². The fourth-order valence-electron chi connectivity index (χ4n) is 2.19. The van der Waals surface area contributed by atoms with E-state index in [0.29, 0.717) is 12.5 Å². The molecule has 1 atom stereocenters. The molecule has 2 aliphatic heterocycles. The second-order valence-corrected chi connectivity index (χ2v) is 4.33. The highest BCUT2D eigenvalue weighted by molar-refractivity contribution is 6.01. The maximum absolute atomic E-state index is 11.6. The van der Waals surface area contributed by atoms with Gasteiger partial charge in [-0.1, -0.05) is 0 Å². The van der Waals surface area contributed by atoms with Gasteiger partial charge >= 0.3 is 6.03 Å². The van der Waals surface area contributed by atoms with Gasteiger partial charge in [-0.05, 0) is 31.8 Å². The van der Waals surface area contributed by atoms with Gasteiger partial charge in [-0.3, -0.25) is 9.69 Å². The standard InChI is InChI=1S/C10H17N3O2/c1-12-9(14)7-13(10(12)15)6-8-3-2-4-11-5-8/h8,11H,2-7H2,1H3. The highest BCUT2D eigenvalue weighted by Gasteiger charge is 2.34. The number of imide groups is 1. The molecule has 2 rings (SSSR count). The molecule has 0 bridgehead atoms. The number of piperidine rings is 1. The van der Waals surface area contributed by atoms with Crippen molar-refractivity contribution in [3.8, 4) is 0 Å². The zero-order chi connectivity index (χ0) is 10.8. The van der Waals surface area contributed by atoms with Gasteiger partial charge < -0.3 is 10.2 Å². The Labute approximate surface area is 89.4 Å². The van der Waals surface area contributed by atoms with E-state index in [-0.39, 0.29) is 18.5 Å². The zero-order valence-electron chi connectivity index (χ0n) is 9.03. The molecule has 84 valence electrons. The van der Waals surface area contributed by atoms with Gasteiger partial charge in [-0.2, -0.15) is 0 Å². The van der Waals surface area contributed by atoms with Gasteiger partial charge in [0, 0.05) is 13.6 Å². The first kappa shape index (κ1) is 10.4. The van der Waals surface area contributed by atoms with Crippen LogP contribution in [-0.4, -0.2) is 55.0 Å². The Balaban J connectivity index is 1.89. The van der Waals surface area contributed by atoms with E-state index < -0.39 is 0 Å². The summed E-state index contributed by atoms with van der Waals surface area (Å²) in [6.45, 7) is 3.00. The molecule has 2 saturated heterocycles. The number of carbonyl (C=O) groups excluding carboxylic acids is 2. The molecule has 0 radical (unpaired) electrons. The smallest absolute Gasteiger partial charge is 0.316 e. The van der Waals surface area contributed by atoms with Gasteiger partial charge in [-0.25, -0.2) is 4.79 Å². The van der Waals surface area contributed by atoms with Crippen LogP contribution in [0.25, 0.3) is 0 Å². The van der Waals surface area contributed by atoms with Gasteiger partial charge in [0.15, 0.2) is 0 Å². The van der Waals surface area contributed by atoms with E-state index in [0.717, 1.165) is 25.9 Å². The van der Waals surface area contributed by atoms with Gasteiger partial charge in [0.1, 0.15) is 6.54 Å². The second-order valence-electron chi connectivity index (χ2n) is 4.33. The van der Waals surface area contributed by atoms with E-state index in [1.807, 2.05) is 0 Å². The highest BCUT2D eigenvalue weighted by atomic mass is 16.2. The first-order valence-electron chi connectivity index (χ1n) is 5.44. The van der Waals surface area contributed by atoms with Crippen LogP contribution in [0.2, 0.25) is 0 Å². The lowest BCUT2D eigenvalue weighted by molar-refractivity contribution is -0.124. The van der Waals surface area contributed by atoms with Crippen molar-refractivity contribution >= 4 is 11.9 Å². The maximum Gasteiger partial charge on any atom is 0.326 e. The third kappa shape index (κ3) is 2.12. The molecule has 2 fully saturated rings. The number of likely N-dealkylation sites (N-methyl/N-ethyl adjacent to an activating group) is 1. The molecular weight excluding hydrogens is 194 g/mol. The molecule has 0 aromatic heterocycles. The van der Waals surface area contributed by atoms with E-state index in [9.17, 15) is 9.59 Å². The minimum Gasteiger partial charge on any atom is -0.316 e. The van der Waals surface area contributed by atoms with E-state index in [2.05, 4.69) is 5.32 Å². The summed E-state index contributed by atoms with van der Waals surface area (Å²) in [5.41, 5.74) is 0. The fraction of sp³-hybridized carbons (Fsp3) is 0.800. The number of rotatable bonds is 2. The number of amides is 3. The molecule has 0 aromatic carbocycles. The van der Waals surface area contributed by atoms with E-state index in [1.165, 1.54) is 4.90 Å². The minimum atomic E-state index is -0.148. The largest absolute Gasteiger partial charge is 0.326 e. The summed E-state index contributed by atoms with van der Waals surface area (Å²) in [6.07, 6.45) is 2.31. The van der Waals surface area contributed by atoms with Crippen LogP contribution in [0.15, 0.2) is 0 Å². The van der Waals surface area contributed by atoms with Gasteiger partial charge in [0.05, 0.1) is 0 Å². The summed E-state index contributed by atoms with van der Waals surface area (Å²) in [6, 6.07) is -0.148. The summed E-state index contributed by atoms with van der Waals surface area (Å²) < 4.78 is 0. The summed E-state index contributed by atoms with van der Waals surface area (Å²) in [5.74, 6) is 0.408. The molecule has 0 aromatic rings. The third-order valence-electron chi connectivity index (χ3n) is 3.14. The number of nitrogens with one attached hydrogen (secondary N) is 1. The SMILES string of the molecule is CN1C(=O)CN(CC2CCCNC2)C1=O. The van der Waals surface area contributed by atoms with Crippen molar-refractivity contribution in [2.45, 2.75) is 12.8 Å². The molecule has 0 saturated carbocycles. The van der Waals surface area contributed by atoms with Crippen LogP contribution in [0, 0.1) is 5.92 Å². The molecule has 15 heavy (non-hydrogen) atoms. The Kier molecular flexibility index (Phi) is 2.90. The maximum atomic E-state index is 11.6. The summed E-state index contributed by atoms with van der Waals surface area (Å²) in [4.78, 5) is 25.7. The van der Waals surface area contributed by atoms with Gasteiger partial charge in [0.2, 0.25) is 5.91 Å². The van der Waals surface area contributed by atoms with Crippen LogP contribution >= 0.6 is 0 Å². The first-order chi connectivity index (χ1) is 7.18. The first-order valence-corrected chi connectivity index (χ1v) is 5.44. The molecule has 1 unspecified atom stereocenters. The van der Waals surface area contributed by atoms with Crippen LogP contribution in [-0.2, 0) is 4.79 Å². The zero-order valence-corrected chi connectivity index (χ0v) is 9.03. The summed E-state index contributed by atoms with van der Waals surface area (Å²) >= 11 is 0.